The van der Waals surface area contributed by atoms with E-state index in [1.807, 2.05) is 61.2 Å². The Labute approximate surface area is 279 Å². The SMILES string of the molecule is Cc1cc(-c2cc[n+]([O-])cc2)cc(C)c1C(=O)N1CCC(C)(N2CCC(N(c3ccccc3)c3ccc(OC(F)(F)F)nc3)CC2)CC1. The fourth-order valence-electron chi connectivity index (χ4n) is 7.26. The lowest BCUT2D eigenvalue weighted by Gasteiger charge is -2.50. The highest BCUT2D eigenvalue weighted by atomic mass is 19.4. The quantitative estimate of drug-likeness (QED) is 0.154. The number of piperidine rings is 2. The lowest BCUT2D eigenvalue weighted by Crippen LogP contribution is -2.57. The van der Waals surface area contributed by atoms with Crippen LogP contribution in [0.5, 0.6) is 5.88 Å². The van der Waals surface area contributed by atoms with Crippen LogP contribution in [0.25, 0.3) is 11.1 Å². The minimum Gasteiger partial charge on any atom is -0.619 e. The molecule has 0 saturated carbocycles. The third-order valence-electron chi connectivity index (χ3n) is 9.86. The van der Waals surface area contributed by atoms with Gasteiger partial charge in [0.2, 0.25) is 5.88 Å². The van der Waals surface area contributed by atoms with E-state index >= 15 is 0 Å². The summed E-state index contributed by atoms with van der Waals surface area (Å²) in [5.41, 5.74) is 6.12. The van der Waals surface area contributed by atoms with Crippen LogP contribution in [-0.4, -0.2) is 64.8 Å². The lowest BCUT2D eigenvalue weighted by atomic mass is 9.84. The second-order valence-electron chi connectivity index (χ2n) is 13.0. The predicted octanol–water partition coefficient (Wildman–Crippen LogP) is 7.19. The molecule has 8 nitrogen and oxygen atoms in total. The van der Waals surface area contributed by atoms with Gasteiger partial charge in [0.1, 0.15) is 0 Å². The average Bonchev–Trinajstić information content (AvgIpc) is 3.06. The van der Waals surface area contributed by atoms with Crippen LogP contribution < -0.4 is 14.4 Å². The fourth-order valence-corrected chi connectivity index (χ4v) is 7.26. The number of likely N-dealkylation sites (tertiary alicyclic amines) is 2. The number of alkyl halides is 3. The molecule has 0 N–H and O–H groups in total. The molecule has 2 fully saturated rings. The number of carbonyl (C=O) groups is 1. The van der Waals surface area contributed by atoms with E-state index < -0.39 is 12.2 Å². The molecule has 4 heterocycles. The summed E-state index contributed by atoms with van der Waals surface area (Å²) in [4.78, 5) is 24.4. The largest absolute Gasteiger partial charge is 0.619 e. The molecule has 2 aromatic heterocycles. The van der Waals surface area contributed by atoms with E-state index in [0.29, 0.717) is 18.8 Å². The topological polar surface area (TPSA) is 75.9 Å². The number of rotatable bonds is 7. The summed E-state index contributed by atoms with van der Waals surface area (Å²) >= 11 is 0. The van der Waals surface area contributed by atoms with Crippen molar-refractivity contribution < 1.29 is 27.4 Å². The van der Waals surface area contributed by atoms with Crippen molar-refractivity contribution in [3.05, 3.63) is 107 Å². The second-order valence-corrected chi connectivity index (χ2v) is 13.0. The number of amides is 1. The van der Waals surface area contributed by atoms with Crippen LogP contribution in [0.15, 0.2) is 85.3 Å². The molecular weight excluding hydrogens is 619 g/mol. The van der Waals surface area contributed by atoms with Crippen LogP contribution in [0.1, 0.15) is 54.1 Å². The number of carbonyl (C=O) groups excluding carboxylic acids is 1. The standard InChI is InChI=1S/C37H40F3N5O3/c1-26-23-29(28-11-19-44(47)20-12-28)24-27(2)34(26)35(46)42-21-15-36(3,16-22-42)43-17-13-31(14-18-43)45(30-7-5-4-6-8-30)32-9-10-33(41-25-32)48-37(38,39)40/h4-12,19-20,23-25,31H,13-18,21-22H2,1-3H3. The highest BCUT2D eigenvalue weighted by molar-refractivity contribution is 5.98. The number of ether oxygens (including phenoxy) is 1. The molecule has 2 aliphatic rings. The molecule has 0 aliphatic carbocycles. The van der Waals surface area contributed by atoms with Crippen molar-refractivity contribution in [1.82, 2.24) is 14.8 Å². The summed E-state index contributed by atoms with van der Waals surface area (Å²) in [5.74, 6) is -0.429. The normalized spacial score (nSPS) is 17.2. The van der Waals surface area contributed by atoms with Gasteiger partial charge in [-0.1, -0.05) is 30.3 Å². The Morgan fingerprint density at radius 3 is 2.10 bits per heavy atom. The van der Waals surface area contributed by atoms with E-state index in [9.17, 15) is 23.2 Å². The van der Waals surface area contributed by atoms with Crippen molar-refractivity contribution in [2.45, 2.75) is 64.4 Å². The molecule has 2 aromatic carbocycles. The summed E-state index contributed by atoms with van der Waals surface area (Å²) in [6.07, 6.45) is 3.07. The molecule has 0 atom stereocenters. The molecule has 252 valence electrons. The maximum Gasteiger partial charge on any atom is 0.574 e. The van der Waals surface area contributed by atoms with E-state index in [2.05, 4.69) is 26.4 Å². The number of aryl methyl sites for hydroxylation is 2. The molecule has 48 heavy (non-hydrogen) atoms. The predicted molar refractivity (Wildman–Crippen MR) is 178 cm³/mol. The highest BCUT2D eigenvalue weighted by Gasteiger charge is 2.40. The average molecular weight is 660 g/mol. The first-order valence-electron chi connectivity index (χ1n) is 16.3. The van der Waals surface area contributed by atoms with Gasteiger partial charge in [0.05, 0.1) is 11.9 Å². The van der Waals surface area contributed by atoms with Crippen LogP contribution in [0, 0.1) is 19.1 Å². The molecule has 0 radical (unpaired) electrons. The number of para-hydroxylation sites is 1. The Bertz CT molecular complexity index is 1690. The summed E-state index contributed by atoms with van der Waals surface area (Å²) < 4.78 is 42.9. The minimum absolute atomic E-state index is 0.0445. The molecule has 0 spiro atoms. The van der Waals surface area contributed by atoms with Crippen LogP contribution in [-0.2, 0) is 0 Å². The van der Waals surface area contributed by atoms with Crippen molar-refractivity contribution in [3.63, 3.8) is 0 Å². The number of hydrogen-bond donors (Lipinski definition) is 0. The van der Waals surface area contributed by atoms with Gasteiger partial charge >= 0.3 is 6.36 Å². The highest BCUT2D eigenvalue weighted by Crippen LogP contribution is 2.37. The van der Waals surface area contributed by atoms with Crippen molar-refractivity contribution in [2.75, 3.05) is 31.1 Å². The molecule has 1 amide bonds. The lowest BCUT2D eigenvalue weighted by molar-refractivity contribution is -0.605. The zero-order valence-corrected chi connectivity index (χ0v) is 27.4. The number of halogens is 3. The van der Waals surface area contributed by atoms with E-state index in [0.717, 1.165) is 77.0 Å². The third kappa shape index (κ3) is 7.26. The number of aromatic nitrogens is 2. The van der Waals surface area contributed by atoms with E-state index in [-0.39, 0.29) is 17.5 Å². The molecule has 2 saturated heterocycles. The summed E-state index contributed by atoms with van der Waals surface area (Å²) in [5, 5.41) is 11.5. The van der Waals surface area contributed by atoms with Gasteiger partial charge in [-0.05, 0) is 86.9 Å². The maximum absolute atomic E-state index is 13.8. The van der Waals surface area contributed by atoms with Gasteiger partial charge in [-0.2, -0.15) is 4.73 Å². The van der Waals surface area contributed by atoms with Gasteiger partial charge < -0.3 is 19.7 Å². The third-order valence-corrected chi connectivity index (χ3v) is 9.86. The van der Waals surface area contributed by atoms with Crippen molar-refractivity contribution >= 4 is 17.3 Å². The molecule has 0 bridgehead atoms. The number of nitrogens with zero attached hydrogens (tertiary/aromatic N) is 5. The molecular formula is C37H40F3N5O3. The molecule has 11 heteroatoms. The van der Waals surface area contributed by atoms with Crippen LogP contribution >= 0.6 is 0 Å². The maximum atomic E-state index is 13.8. The fraction of sp³-hybridized carbons (Fsp3) is 0.378. The van der Waals surface area contributed by atoms with Gasteiger partial charge in [-0.3, -0.25) is 9.69 Å². The molecule has 4 aromatic rings. The van der Waals surface area contributed by atoms with E-state index in [1.54, 1.807) is 18.2 Å². The molecule has 0 unspecified atom stereocenters. The first kappa shape index (κ1) is 33.3. The number of anilines is 2. The first-order valence-corrected chi connectivity index (χ1v) is 16.3. The van der Waals surface area contributed by atoms with Crippen molar-refractivity contribution in [3.8, 4) is 17.0 Å². The van der Waals surface area contributed by atoms with Gasteiger partial charge in [0.15, 0.2) is 12.4 Å². The summed E-state index contributed by atoms with van der Waals surface area (Å²) in [6, 6.07) is 20.5. The zero-order valence-electron chi connectivity index (χ0n) is 27.4. The Balaban J connectivity index is 1.10. The number of hydrogen-bond acceptors (Lipinski definition) is 6. The van der Waals surface area contributed by atoms with Gasteiger partial charge in [-0.25, -0.2) is 4.98 Å². The van der Waals surface area contributed by atoms with Crippen LogP contribution in [0.4, 0.5) is 24.5 Å². The Kier molecular flexibility index (Phi) is 9.33. The zero-order chi connectivity index (χ0) is 34.1. The first-order chi connectivity index (χ1) is 22.9. The van der Waals surface area contributed by atoms with Gasteiger partial charge in [0, 0.05) is 67.2 Å². The van der Waals surface area contributed by atoms with Gasteiger partial charge in [0.25, 0.3) is 5.91 Å². The number of pyridine rings is 2. The molecule has 2 aliphatic heterocycles. The smallest absolute Gasteiger partial charge is 0.574 e. The molecule has 6 rings (SSSR count). The van der Waals surface area contributed by atoms with Crippen molar-refractivity contribution in [1.29, 1.82) is 0 Å². The Morgan fingerprint density at radius 1 is 0.917 bits per heavy atom. The van der Waals surface area contributed by atoms with Crippen LogP contribution in [0.3, 0.4) is 0 Å². The van der Waals surface area contributed by atoms with E-state index in [1.165, 1.54) is 24.7 Å². The summed E-state index contributed by atoms with van der Waals surface area (Å²) in [6.45, 7) is 9.32. The van der Waals surface area contributed by atoms with Crippen LogP contribution in [0.2, 0.25) is 0 Å². The van der Waals surface area contributed by atoms with E-state index in [4.69, 9.17) is 0 Å². The minimum atomic E-state index is -4.79. The second kappa shape index (κ2) is 13.5. The van der Waals surface area contributed by atoms with Gasteiger partial charge in [-0.15, -0.1) is 13.2 Å². The summed E-state index contributed by atoms with van der Waals surface area (Å²) in [7, 11) is 0. The van der Waals surface area contributed by atoms with Crippen molar-refractivity contribution in [2.24, 2.45) is 0 Å². The monoisotopic (exact) mass is 659 g/mol. The Hall–Kier alpha value is -4.64. The number of benzene rings is 2. The Morgan fingerprint density at radius 2 is 1.54 bits per heavy atom.